The van der Waals surface area contributed by atoms with Crippen molar-refractivity contribution in [3.63, 3.8) is 0 Å². The predicted octanol–water partition coefficient (Wildman–Crippen LogP) is 2.41. The number of fused-ring (bicyclic) bond motifs is 1. The number of ether oxygens (including phenoxy) is 1. The van der Waals surface area contributed by atoms with Crippen molar-refractivity contribution >= 4 is 21.4 Å². The molecule has 0 spiro atoms. The lowest BCUT2D eigenvalue weighted by atomic mass is 10.2. The quantitative estimate of drug-likeness (QED) is 0.766. The van der Waals surface area contributed by atoms with E-state index in [1.807, 2.05) is 19.2 Å². The van der Waals surface area contributed by atoms with E-state index in [-0.39, 0.29) is 0 Å². The van der Waals surface area contributed by atoms with Crippen LogP contribution in [0.1, 0.15) is 5.56 Å². The molecule has 0 saturated carbocycles. The van der Waals surface area contributed by atoms with Gasteiger partial charge in [-0.25, -0.2) is 4.52 Å². The minimum Gasteiger partial charge on any atom is -0.495 e. The Morgan fingerprint density at radius 2 is 2.31 bits per heavy atom. The van der Waals surface area contributed by atoms with E-state index in [9.17, 15) is 0 Å². The molecule has 0 N–H and O–H groups in total. The monoisotopic (exact) mass is 240 g/mol. The second-order valence-electron chi connectivity index (χ2n) is 2.85. The van der Waals surface area contributed by atoms with Gasteiger partial charge in [-0.3, -0.25) is 0 Å². The van der Waals surface area contributed by atoms with E-state index in [1.54, 1.807) is 17.8 Å². The average molecular weight is 241 g/mol. The van der Waals surface area contributed by atoms with Crippen LogP contribution in [0.2, 0.25) is 0 Å². The third-order valence-corrected chi connectivity index (χ3v) is 2.60. The number of rotatable bonds is 1. The smallest absolute Gasteiger partial charge is 0.140 e. The highest BCUT2D eigenvalue weighted by Gasteiger charge is 2.04. The van der Waals surface area contributed by atoms with E-state index >= 15 is 0 Å². The molecule has 0 atom stereocenters. The van der Waals surface area contributed by atoms with Gasteiger partial charge < -0.3 is 4.74 Å². The molecule has 2 rings (SSSR count). The Morgan fingerprint density at radius 3 is 3.00 bits per heavy atom. The lowest BCUT2D eigenvalue weighted by Crippen LogP contribution is -1.92. The predicted molar refractivity (Wildman–Crippen MR) is 54.2 cm³/mol. The minimum absolute atomic E-state index is 0.850. The molecule has 2 aromatic heterocycles. The molecule has 13 heavy (non-hydrogen) atoms. The van der Waals surface area contributed by atoms with Crippen LogP contribution in [0.25, 0.3) is 5.52 Å². The maximum absolute atomic E-state index is 5.19. The molecule has 68 valence electrons. The Balaban J connectivity index is 2.76. The normalized spacial score (nSPS) is 10.7. The summed E-state index contributed by atoms with van der Waals surface area (Å²) in [7, 11) is 1.66. The third-order valence-electron chi connectivity index (χ3n) is 1.99. The van der Waals surface area contributed by atoms with Gasteiger partial charge in [0.05, 0.1) is 29.5 Å². The van der Waals surface area contributed by atoms with Crippen LogP contribution in [-0.4, -0.2) is 16.7 Å². The molecule has 2 aromatic rings. The molecule has 0 aliphatic rings. The van der Waals surface area contributed by atoms with Crippen LogP contribution in [0.5, 0.6) is 5.75 Å². The van der Waals surface area contributed by atoms with Crippen molar-refractivity contribution < 1.29 is 4.74 Å². The van der Waals surface area contributed by atoms with Gasteiger partial charge in [-0.1, -0.05) is 0 Å². The Labute approximate surface area is 84.4 Å². The molecule has 0 unspecified atom stereocenters. The molecule has 0 radical (unpaired) electrons. The second kappa shape index (κ2) is 3.03. The van der Waals surface area contributed by atoms with Crippen LogP contribution in [0, 0.1) is 6.92 Å². The number of aryl methyl sites for hydroxylation is 1. The van der Waals surface area contributed by atoms with Crippen molar-refractivity contribution in [2.24, 2.45) is 0 Å². The fraction of sp³-hybridized carbons (Fsp3) is 0.222. The van der Waals surface area contributed by atoms with Gasteiger partial charge in [0.2, 0.25) is 0 Å². The average Bonchev–Trinajstić information content (AvgIpc) is 2.47. The summed E-state index contributed by atoms with van der Waals surface area (Å²) < 4.78 is 7.97. The molecule has 2 heterocycles. The van der Waals surface area contributed by atoms with Crippen LogP contribution in [0.4, 0.5) is 0 Å². The highest BCUT2D eigenvalue weighted by Crippen LogP contribution is 2.23. The zero-order valence-electron chi connectivity index (χ0n) is 7.41. The SMILES string of the molecule is COc1cn2ncc(Br)c2cc1C. The molecule has 0 saturated heterocycles. The van der Waals surface area contributed by atoms with Crippen molar-refractivity contribution in [1.82, 2.24) is 9.61 Å². The number of aromatic nitrogens is 2. The van der Waals surface area contributed by atoms with Crippen LogP contribution >= 0.6 is 15.9 Å². The van der Waals surface area contributed by atoms with Crippen molar-refractivity contribution in [2.45, 2.75) is 6.92 Å². The molecule has 0 aliphatic heterocycles. The Kier molecular flexibility index (Phi) is 2.00. The van der Waals surface area contributed by atoms with E-state index < -0.39 is 0 Å². The molecular formula is C9H9BrN2O. The summed E-state index contributed by atoms with van der Waals surface area (Å²) >= 11 is 3.42. The second-order valence-corrected chi connectivity index (χ2v) is 3.70. The Morgan fingerprint density at radius 1 is 1.54 bits per heavy atom. The topological polar surface area (TPSA) is 26.5 Å². The maximum atomic E-state index is 5.19. The zero-order chi connectivity index (χ0) is 9.42. The number of nitrogens with zero attached hydrogens (tertiary/aromatic N) is 2. The number of halogens is 1. The fourth-order valence-electron chi connectivity index (χ4n) is 1.29. The van der Waals surface area contributed by atoms with Crippen LogP contribution in [-0.2, 0) is 0 Å². The highest BCUT2D eigenvalue weighted by atomic mass is 79.9. The first-order valence-corrected chi connectivity index (χ1v) is 4.69. The minimum atomic E-state index is 0.850. The van der Waals surface area contributed by atoms with Crippen molar-refractivity contribution in [3.8, 4) is 5.75 Å². The fourth-order valence-corrected chi connectivity index (χ4v) is 1.68. The molecule has 3 nitrogen and oxygen atoms in total. The zero-order valence-corrected chi connectivity index (χ0v) is 9.00. The Hall–Kier alpha value is -1.03. The van der Waals surface area contributed by atoms with E-state index in [1.165, 1.54) is 0 Å². The van der Waals surface area contributed by atoms with E-state index in [4.69, 9.17) is 4.74 Å². The van der Waals surface area contributed by atoms with Gasteiger partial charge in [0.25, 0.3) is 0 Å². The van der Waals surface area contributed by atoms with Gasteiger partial charge >= 0.3 is 0 Å². The first-order valence-electron chi connectivity index (χ1n) is 3.90. The third kappa shape index (κ3) is 1.31. The first kappa shape index (κ1) is 8.56. The summed E-state index contributed by atoms with van der Waals surface area (Å²) in [5.74, 6) is 0.850. The van der Waals surface area contributed by atoms with Crippen LogP contribution in [0.15, 0.2) is 22.9 Å². The summed E-state index contributed by atoms with van der Waals surface area (Å²) in [4.78, 5) is 0. The van der Waals surface area contributed by atoms with E-state index in [2.05, 4.69) is 21.0 Å². The van der Waals surface area contributed by atoms with Gasteiger partial charge in [-0.15, -0.1) is 0 Å². The van der Waals surface area contributed by atoms with Gasteiger partial charge in [0.15, 0.2) is 0 Å². The maximum Gasteiger partial charge on any atom is 0.140 e. The lowest BCUT2D eigenvalue weighted by Gasteiger charge is -2.04. The number of hydrogen-bond acceptors (Lipinski definition) is 2. The number of methoxy groups -OCH3 is 1. The van der Waals surface area contributed by atoms with Crippen molar-refractivity contribution in [3.05, 3.63) is 28.5 Å². The van der Waals surface area contributed by atoms with Gasteiger partial charge in [-0.2, -0.15) is 5.10 Å². The van der Waals surface area contributed by atoms with Crippen molar-refractivity contribution in [1.29, 1.82) is 0 Å². The molecule has 4 heteroatoms. The summed E-state index contributed by atoms with van der Waals surface area (Å²) in [5.41, 5.74) is 2.16. The summed E-state index contributed by atoms with van der Waals surface area (Å²) in [5, 5.41) is 4.16. The molecule has 0 fully saturated rings. The van der Waals surface area contributed by atoms with Crippen molar-refractivity contribution in [2.75, 3.05) is 7.11 Å². The number of hydrogen-bond donors (Lipinski definition) is 0. The first-order chi connectivity index (χ1) is 6.22. The molecular weight excluding hydrogens is 232 g/mol. The molecule has 0 aromatic carbocycles. The highest BCUT2D eigenvalue weighted by molar-refractivity contribution is 9.10. The van der Waals surface area contributed by atoms with E-state index in [0.717, 1.165) is 21.3 Å². The van der Waals surface area contributed by atoms with Crippen LogP contribution in [0.3, 0.4) is 0 Å². The van der Waals surface area contributed by atoms with Gasteiger partial charge in [-0.05, 0) is 34.5 Å². The standard InChI is InChI=1S/C9H9BrN2O/c1-6-3-8-7(10)4-11-12(8)5-9(6)13-2/h3-5H,1-2H3. The summed E-state index contributed by atoms with van der Waals surface area (Å²) in [6.07, 6.45) is 3.64. The van der Waals surface area contributed by atoms with Gasteiger partial charge in [0, 0.05) is 0 Å². The Bertz CT molecular complexity index is 450. The van der Waals surface area contributed by atoms with Gasteiger partial charge in [0.1, 0.15) is 5.75 Å². The number of pyridine rings is 1. The molecule has 0 aliphatic carbocycles. The molecule has 0 amide bonds. The van der Waals surface area contributed by atoms with E-state index in [0.29, 0.717) is 0 Å². The summed E-state index contributed by atoms with van der Waals surface area (Å²) in [6.45, 7) is 2.01. The lowest BCUT2D eigenvalue weighted by molar-refractivity contribution is 0.408. The summed E-state index contributed by atoms with van der Waals surface area (Å²) in [6, 6.07) is 2.04. The largest absolute Gasteiger partial charge is 0.495 e. The molecule has 0 bridgehead atoms. The van der Waals surface area contributed by atoms with Crippen LogP contribution < -0.4 is 4.74 Å².